The van der Waals surface area contributed by atoms with E-state index in [-0.39, 0.29) is 0 Å². The Bertz CT molecular complexity index is 126. The van der Waals surface area contributed by atoms with Gasteiger partial charge in [-0.1, -0.05) is 13.8 Å². The molecule has 0 bridgehead atoms. The second-order valence-electron chi connectivity index (χ2n) is 4.40. The molecule has 14 heavy (non-hydrogen) atoms. The molecule has 0 aromatic carbocycles. The van der Waals surface area contributed by atoms with Crippen molar-refractivity contribution in [1.29, 1.82) is 0 Å². The molecular weight excluding hydrogens is 178 g/mol. The van der Waals surface area contributed by atoms with Gasteiger partial charge in [0.1, 0.15) is 0 Å². The molecule has 1 N–H and O–H groups in total. The van der Waals surface area contributed by atoms with E-state index in [2.05, 4.69) is 19.2 Å². The lowest BCUT2D eigenvalue weighted by molar-refractivity contribution is 0.0649. The first-order chi connectivity index (χ1) is 6.62. The number of methoxy groups -OCH3 is 1. The second kappa shape index (κ2) is 8.21. The van der Waals surface area contributed by atoms with Gasteiger partial charge in [-0.05, 0) is 31.8 Å². The van der Waals surface area contributed by atoms with Crippen LogP contribution >= 0.6 is 0 Å². The highest BCUT2D eigenvalue weighted by molar-refractivity contribution is 4.70. The fourth-order valence-corrected chi connectivity index (χ4v) is 1.46. The van der Waals surface area contributed by atoms with Crippen molar-refractivity contribution in [2.75, 3.05) is 40.5 Å². The van der Waals surface area contributed by atoms with E-state index >= 15 is 0 Å². The van der Waals surface area contributed by atoms with Crippen LogP contribution in [0.2, 0.25) is 0 Å². The van der Waals surface area contributed by atoms with E-state index < -0.39 is 0 Å². The third-order valence-corrected chi connectivity index (χ3v) is 2.23. The van der Waals surface area contributed by atoms with Crippen LogP contribution in [0.5, 0.6) is 0 Å². The van der Waals surface area contributed by atoms with Crippen molar-refractivity contribution in [2.24, 2.45) is 5.41 Å². The Kier molecular flexibility index (Phi) is 8.14. The zero-order valence-electron chi connectivity index (χ0n) is 10.1. The molecule has 0 heterocycles. The summed E-state index contributed by atoms with van der Waals surface area (Å²) in [6.45, 7) is 7.86. The molecule has 0 fully saturated rings. The van der Waals surface area contributed by atoms with Crippen molar-refractivity contribution in [2.45, 2.75) is 26.7 Å². The van der Waals surface area contributed by atoms with Crippen molar-refractivity contribution < 1.29 is 9.47 Å². The molecule has 0 radical (unpaired) electrons. The fraction of sp³-hybridized carbons (Fsp3) is 1.00. The average Bonchev–Trinajstić information content (AvgIpc) is 2.11. The van der Waals surface area contributed by atoms with Crippen molar-refractivity contribution >= 4 is 0 Å². The molecule has 0 unspecified atom stereocenters. The summed E-state index contributed by atoms with van der Waals surface area (Å²) in [6, 6.07) is 0. The Morgan fingerprint density at radius 1 is 1.14 bits per heavy atom. The maximum absolute atomic E-state index is 5.40. The highest BCUT2D eigenvalue weighted by Crippen LogP contribution is 2.20. The number of hydrogen-bond donors (Lipinski definition) is 1. The molecule has 0 aliphatic carbocycles. The lowest BCUT2D eigenvalue weighted by atomic mass is 9.88. The Balaban J connectivity index is 3.26. The van der Waals surface area contributed by atoms with Crippen LogP contribution in [0.4, 0.5) is 0 Å². The summed E-state index contributed by atoms with van der Waals surface area (Å²) in [5.74, 6) is 0. The minimum Gasteiger partial charge on any atom is -0.382 e. The maximum Gasteiger partial charge on any atom is 0.0700 e. The molecule has 0 aromatic rings. The monoisotopic (exact) mass is 203 g/mol. The zero-order chi connectivity index (χ0) is 10.9. The van der Waals surface area contributed by atoms with Gasteiger partial charge in [0.25, 0.3) is 0 Å². The predicted molar refractivity (Wildman–Crippen MR) is 59.6 cm³/mol. The first kappa shape index (κ1) is 13.9. The fourth-order valence-electron chi connectivity index (χ4n) is 1.46. The Morgan fingerprint density at radius 3 is 2.43 bits per heavy atom. The van der Waals surface area contributed by atoms with Crippen molar-refractivity contribution in [1.82, 2.24) is 5.32 Å². The van der Waals surface area contributed by atoms with Crippen molar-refractivity contribution in [3.05, 3.63) is 0 Å². The quantitative estimate of drug-likeness (QED) is 0.578. The smallest absolute Gasteiger partial charge is 0.0700 e. The van der Waals surface area contributed by atoms with Crippen LogP contribution in [-0.2, 0) is 9.47 Å². The van der Waals surface area contributed by atoms with E-state index in [1.54, 1.807) is 7.11 Å². The highest BCUT2D eigenvalue weighted by atomic mass is 16.5. The summed E-state index contributed by atoms with van der Waals surface area (Å²) >= 11 is 0. The molecular formula is C11H25NO2. The second-order valence-corrected chi connectivity index (χ2v) is 4.40. The normalized spacial score (nSPS) is 12.0. The molecule has 0 amide bonds. The molecule has 0 saturated heterocycles. The van der Waals surface area contributed by atoms with Crippen LogP contribution in [0.15, 0.2) is 0 Å². The summed E-state index contributed by atoms with van der Waals surface area (Å²) in [7, 11) is 3.69. The van der Waals surface area contributed by atoms with Gasteiger partial charge in [-0.2, -0.15) is 0 Å². The van der Waals surface area contributed by atoms with Crippen LogP contribution in [0.1, 0.15) is 26.7 Å². The first-order valence-electron chi connectivity index (χ1n) is 5.33. The maximum atomic E-state index is 5.40. The van der Waals surface area contributed by atoms with E-state index in [4.69, 9.17) is 9.47 Å². The van der Waals surface area contributed by atoms with Gasteiger partial charge in [-0.25, -0.2) is 0 Å². The number of hydrogen-bond acceptors (Lipinski definition) is 3. The molecule has 0 atom stereocenters. The van der Waals surface area contributed by atoms with E-state index in [1.807, 2.05) is 7.05 Å². The molecule has 0 spiro atoms. The number of nitrogens with one attached hydrogen (secondary N) is 1. The lowest BCUT2D eigenvalue weighted by Crippen LogP contribution is -2.26. The van der Waals surface area contributed by atoms with Crippen LogP contribution in [0.3, 0.4) is 0 Å². The topological polar surface area (TPSA) is 30.5 Å². The third-order valence-electron chi connectivity index (χ3n) is 2.23. The Hall–Kier alpha value is -0.120. The van der Waals surface area contributed by atoms with Crippen LogP contribution in [0.25, 0.3) is 0 Å². The van der Waals surface area contributed by atoms with E-state index in [0.29, 0.717) is 18.6 Å². The minimum atomic E-state index is 0.374. The summed E-state index contributed by atoms with van der Waals surface area (Å²) < 4.78 is 10.3. The molecule has 86 valence electrons. The predicted octanol–water partition coefficient (Wildman–Crippen LogP) is 1.68. The van der Waals surface area contributed by atoms with E-state index in [0.717, 1.165) is 19.6 Å². The zero-order valence-corrected chi connectivity index (χ0v) is 10.1. The molecule has 0 rings (SSSR count). The Morgan fingerprint density at radius 2 is 1.86 bits per heavy atom. The molecule has 0 saturated carbocycles. The summed E-state index contributed by atoms with van der Waals surface area (Å²) in [6.07, 6.45) is 2.32. The Labute approximate surface area is 88.2 Å². The summed E-state index contributed by atoms with van der Waals surface area (Å²) in [5, 5.41) is 3.21. The number of rotatable bonds is 9. The van der Waals surface area contributed by atoms with Gasteiger partial charge >= 0.3 is 0 Å². The van der Waals surface area contributed by atoms with Crippen molar-refractivity contribution in [3.8, 4) is 0 Å². The first-order valence-corrected chi connectivity index (χ1v) is 5.33. The van der Waals surface area contributed by atoms with Gasteiger partial charge in [0.15, 0.2) is 0 Å². The number of ether oxygens (including phenoxy) is 2. The van der Waals surface area contributed by atoms with Gasteiger partial charge in [-0.15, -0.1) is 0 Å². The molecule has 0 aromatic heterocycles. The van der Waals surface area contributed by atoms with Crippen LogP contribution in [0, 0.1) is 5.41 Å². The standard InChI is InChI=1S/C11H25NO2/c1-11(2,10-12-3)6-5-7-14-9-8-13-4/h12H,5-10H2,1-4H3. The van der Waals surface area contributed by atoms with Gasteiger partial charge in [0, 0.05) is 13.7 Å². The van der Waals surface area contributed by atoms with E-state index in [1.165, 1.54) is 6.42 Å². The van der Waals surface area contributed by atoms with Crippen molar-refractivity contribution in [3.63, 3.8) is 0 Å². The SMILES string of the molecule is CNCC(C)(C)CCCOCCOC. The summed E-state index contributed by atoms with van der Waals surface area (Å²) in [4.78, 5) is 0. The largest absolute Gasteiger partial charge is 0.382 e. The minimum absolute atomic E-state index is 0.374. The molecule has 0 aliphatic heterocycles. The van der Waals surface area contributed by atoms with Crippen LogP contribution < -0.4 is 5.32 Å². The van der Waals surface area contributed by atoms with Gasteiger partial charge in [-0.3, -0.25) is 0 Å². The van der Waals surface area contributed by atoms with Crippen LogP contribution in [-0.4, -0.2) is 40.5 Å². The summed E-state index contributed by atoms with van der Waals surface area (Å²) in [5.41, 5.74) is 0.374. The van der Waals surface area contributed by atoms with Gasteiger partial charge in [0.05, 0.1) is 13.2 Å². The lowest BCUT2D eigenvalue weighted by Gasteiger charge is -2.23. The highest BCUT2D eigenvalue weighted by Gasteiger charge is 2.15. The molecule has 3 nitrogen and oxygen atoms in total. The van der Waals surface area contributed by atoms with E-state index in [9.17, 15) is 0 Å². The molecule has 3 heteroatoms. The van der Waals surface area contributed by atoms with Gasteiger partial charge in [0.2, 0.25) is 0 Å². The van der Waals surface area contributed by atoms with Gasteiger partial charge < -0.3 is 14.8 Å². The third kappa shape index (κ3) is 8.48. The average molecular weight is 203 g/mol. The molecule has 0 aliphatic rings.